The lowest BCUT2D eigenvalue weighted by Crippen LogP contribution is -2.35. The molecule has 1 aromatic carbocycles. The van der Waals surface area contributed by atoms with E-state index in [-0.39, 0.29) is 16.6 Å². The minimum absolute atomic E-state index is 0.221. The lowest BCUT2D eigenvalue weighted by Gasteiger charge is -2.30. The molecule has 0 amide bonds. The predicted molar refractivity (Wildman–Crippen MR) is 96.2 cm³/mol. The van der Waals surface area contributed by atoms with Gasteiger partial charge in [0.1, 0.15) is 0 Å². The van der Waals surface area contributed by atoms with Gasteiger partial charge < -0.3 is 10.3 Å². The summed E-state index contributed by atoms with van der Waals surface area (Å²) < 4.78 is 0. The number of nitrogens with one attached hydrogen (secondary N) is 2. The summed E-state index contributed by atoms with van der Waals surface area (Å²) in [7, 11) is 0. The normalized spacial score (nSPS) is 21.9. The maximum absolute atomic E-state index is 13.3. The molecule has 0 saturated carbocycles. The smallest absolute Gasteiger partial charge is 0.186 e. The Morgan fingerprint density at radius 3 is 2.74 bits per heavy atom. The Morgan fingerprint density at radius 1 is 1.35 bits per heavy atom. The minimum Gasteiger partial charge on any atom is -0.352 e. The van der Waals surface area contributed by atoms with Crippen LogP contribution in [0.3, 0.4) is 0 Å². The molecule has 1 aromatic heterocycles. The first-order valence-electron chi connectivity index (χ1n) is 8.34. The third kappa shape index (κ3) is 3.31. The fourth-order valence-corrected chi connectivity index (χ4v) is 3.63. The van der Waals surface area contributed by atoms with Crippen molar-refractivity contribution in [2.45, 2.75) is 40.0 Å². The minimum atomic E-state index is -0.291. The van der Waals surface area contributed by atoms with Crippen LogP contribution < -0.4 is 5.32 Å². The van der Waals surface area contributed by atoms with Crippen molar-refractivity contribution < 1.29 is 4.79 Å². The highest BCUT2D eigenvalue weighted by Crippen LogP contribution is 2.39. The number of aromatic amines is 1. The quantitative estimate of drug-likeness (QED) is 0.789. The van der Waals surface area contributed by atoms with E-state index in [0.717, 1.165) is 43.3 Å². The average molecular weight is 333 g/mol. The second kappa shape index (κ2) is 5.95. The van der Waals surface area contributed by atoms with Gasteiger partial charge in [0.25, 0.3) is 0 Å². The van der Waals surface area contributed by atoms with Crippen molar-refractivity contribution in [2.24, 2.45) is 10.8 Å². The van der Waals surface area contributed by atoms with E-state index >= 15 is 0 Å². The highest BCUT2D eigenvalue weighted by molar-refractivity contribution is 6.35. The van der Waals surface area contributed by atoms with E-state index in [1.165, 1.54) is 0 Å². The molecule has 2 heterocycles. The van der Waals surface area contributed by atoms with E-state index in [9.17, 15) is 4.79 Å². The second-order valence-electron chi connectivity index (χ2n) is 7.98. The summed E-state index contributed by atoms with van der Waals surface area (Å²) in [5.74, 6) is 0.221. The van der Waals surface area contributed by atoms with Gasteiger partial charge in [0.05, 0.1) is 5.69 Å². The van der Waals surface area contributed by atoms with Crippen LogP contribution in [0.15, 0.2) is 24.3 Å². The zero-order valence-corrected chi connectivity index (χ0v) is 14.9. The summed E-state index contributed by atoms with van der Waals surface area (Å²) >= 11 is 6.25. The first-order chi connectivity index (χ1) is 10.8. The summed E-state index contributed by atoms with van der Waals surface area (Å²) in [6, 6.07) is 7.64. The molecule has 2 aromatic rings. The van der Waals surface area contributed by atoms with Crippen LogP contribution in [0.5, 0.6) is 0 Å². The zero-order chi connectivity index (χ0) is 16.7. The molecule has 2 N–H and O–H groups in total. The van der Waals surface area contributed by atoms with Gasteiger partial charge in [0.15, 0.2) is 5.78 Å². The van der Waals surface area contributed by atoms with E-state index in [4.69, 9.17) is 11.6 Å². The summed E-state index contributed by atoms with van der Waals surface area (Å²) in [4.78, 5) is 16.5. The van der Waals surface area contributed by atoms with Crippen molar-refractivity contribution in [3.63, 3.8) is 0 Å². The standard InChI is InChI=1S/C19H25ClN2O/c1-18(2,3)7-8-19(9-10-21-12-19)17(23)16-11-13-14(20)5-4-6-15(13)22-16/h4-6,11,21-22H,7-10,12H2,1-3H3. The highest BCUT2D eigenvalue weighted by atomic mass is 35.5. The second-order valence-corrected chi connectivity index (χ2v) is 8.39. The van der Waals surface area contributed by atoms with Crippen LogP contribution in [0.1, 0.15) is 50.5 Å². The fourth-order valence-electron chi connectivity index (χ4n) is 3.40. The van der Waals surface area contributed by atoms with Crippen molar-refractivity contribution in [3.05, 3.63) is 35.0 Å². The Hall–Kier alpha value is -1.32. The number of carbonyl (C=O) groups is 1. The van der Waals surface area contributed by atoms with E-state index in [0.29, 0.717) is 10.7 Å². The number of hydrogen-bond donors (Lipinski definition) is 2. The summed E-state index contributed by atoms with van der Waals surface area (Å²) in [5, 5.41) is 5.00. The summed E-state index contributed by atoms with van der Waals surface area (Å²) in [6.45, 7) is 8.38. The number of fused-ring (bicyclic) bond motifs is 1. The molecular formula is C19H25ClN2O. The van der Waals surface area contributed by atoms with Crippen LogP contribution in [0, 0.1) is 10.8 Å². The van der Waals surface area contributed by atoms with Gasteiger partial charge in [-0.25, -0.2) is 0 Å². The number of ketones is 1. The molecule has 1 unspecified atom stereocenters. The molecule has 1 fully saturated rings. The van der Waals surface area contributed by atoms with Gasteiger partial charge in [0, 0.05) is 27.9 Å². The molecule has 124 valence electrons. The molecule has 0 radical (unpaired) electrons. The molecule has 0 spiro atoms. The molecule has 1 atom stereocenters. The first kappa shape index (κ1) is 16.5. The average Bonchev–Trinajstić information content (AvgIpc) is 3.12. The van der Waals surface area contributed by atoms with E-state index in [1.54, 1.807) is 0 Å². The van der Waals surface area contributed by atoms with E-state index in [2.05, 4.69) is 31.1 Å². The Bertz CT molecular complexity index is 721. The maximum atomic E-state index is 13.3. The molecule has 1 saturated heterocycles. The van der Waals surface area contributed by atoms with Crippen molar-refractivity contribution in [2.75, 3.05) is 13.1 Å². The summed E-state index contributed by atoms with van der Waals surface area (Å²) in [6.07, 6.45) is 2.87. The molecule has 1 aliphatic heterocycles. The number of aromatic nitrogens is 1. The third-order valence-corrected chi connectivity index (χ3v) is 5.26. The highest BCUT2D eigenvalue weighted by Gasteiger charge is 2.42. The molecule has 0 aliphatic carbocycles. The maximum Gasteiger partial charge on any atom is 0.186 e. The molecule has 23 heavy (non-hydrogen) atoms. The number of H-pyrrole nitrogens is 1. The Labute approximate surface area is 142 Å². The Kier molecular flexibility index (Phi) is 4.28. The van der Waals surface area contributed by atoms with Gasteiger partial charge in [-0.2, -0.15) is 0 Å². The molecule has 4 heteroatoms. The zero-order valence-electron chi connectivity index (χ0n) is 14.1. The van der Waals surface area contributed by atoms with Crippen molar-refractivity contribution in [1.82, 2.24) is 10.3 Å². The predicted octanol–water partition coefficient (Wildman–Crippen LogP) is 4.81. The number of hydrogen-bond acceptors (Lipinski definition) is 2. The van der Waals surface area contributed by atoms with Crippen LogP contribution in [-0.4, -0.2) is 23.9 Å². The van der Waals surface area contributed by atoms with Gasteiger partial charge in [-0.3, -0.25) is 4.79 Å². The number of halogens is 1. The molecule has 3 nitrogen and oxygen atoms in total. The van der Waals surface area contributed by atoms with Gasteiger partial charge in [-0.15, -0.1) is 0 Å². The topological polar surface area (TPSA) is 44.9 Å². The van der Waals surface area contributed by atoms with E-state index in [1.807, 2.05) is 24.3 Å². The van der Waals surface area contributed by atoms with Crippen molar-refractivity contribution in [3.8, 4) is 0 Å². The SMILES string of the molecule is CC(C)(C)CCC1(C(=O)c2cc3c(Cl)cccc3[nH]2)CCNC1. The number of carbonyl (C=O) groups excluding carboxylic acids is 1. The lowest BCUT2D eigenvalue weighted by atomic mass is 9.73. The van der Waals surface area contributed by atoms with Crippen LogP contribution in [0.2, 0.25) is 5.02 Å². The molecular weight excluding hydrogens is 308 g/mol. The largest absolute Gasteiger partial charge is 0.352 e. The number of benzene rings is 1. The fraction of sp³-hybridized carbons (Fsp3) is 0.526. The molecule has 1 aliphatic rings. The summed E-state index contributed by atoms with van der Waals surface area (Å²) in [5.41, 5.74) is 1.56. The van der Waals surface area contributed by atoms with Gasteiger partial charge >= 0.3 is 0 Å². The molecule has 0 bridgehead atoms. The lowest BCUT2D eigenvalue weighted by molar-refractivity contribution is 0.0779. The Morgan fingerprint density at radius 2 is 2.13 bits per heavy atom. The first-order valence-corrected chi connectivity index (χ1v) is 8.71. The van der Waals surface area contributed by atoms with Crippen LogP contribution in [-0.2, 0) is 0 Å². The van der Waals surface area contributed by atoms with Crippen LogP contribution >= 0.6 is 11.6 Å². The number of rotatable bonds is 4. The van der Waals surface area contributed by atoms with Gasteiger partial charge in [-0.1, -0.05) is 38.4 Å². The van der Waals surface area contributed by atoms with Gasteiger partial charge in [-0.05, 0) is 49.4 Å². The monoisotopic (exact) mass is 332 g/mol. The van der Waals surface area contributed by atoms with Crippen molar-refractivity contribution in [1.29, 1.82) is 0 Å². The Balaban J connectivity index is 1.92. The number of Topliss-reactive ketones (excluding diaryl/α,β-unsaturated/α-hetero) is 1. The van der Waals surface area contributed by atoms with Crippen LogP contribution in [0.4, 0.5) is 0 Å². The van der Waals surface area contributed by atoms with E-state index < -0.39 is 0 Å². The van der Waals surface area contributed by atoms with Crippen LogP contribution in [0.25, 0.3) is 10.9 Å². The third-order valence-electron chi connectivity index (χ3n) is 4.93. The van der Waals surface area contributed by atoms with Crippen molar-refractivity contribution >= 4 is 28.3 Å². The van der Waals surface area contributed by atoms with Gasteiger partial charge in [0.2, 0.25) is 0 Å². The molecule has 3 rings (SSSR count).